The van der Waals surface area contributed by atoms with Crippen LogP contribution in [0.25, 0.3) is 0 Å². The van der Waals surface area contributed by atoms with Gasteiger partial charge in [0, 0.05) is 5.38 Å². The lowest BCUT2D eigenvalue weighted by Gasteiger charge is -2.47. The number of fused-ring (bicyclic) bond motifs is 2. The second-order valence-electron chi connectivity index (χ2n) is 6.20. The van der Waals surface area contributed by atoms with Crippen LogP contribution in [-0.2, 0) is 9.53 Å². The molecule has 6 unspecified atom stereocenters. The minimum Gasteiger partial charge on any atom is -0.354 e. The Balaban J connectivity index is 1.71. The normalized spacial score (nSPS) is 44.1. The van der Waals surface area contributed by atoms with Crippen LogP contribution in [-0.4, -0.2) is 29.6 Å². The predicted molar refractivity (Wildman–Crippen MR) is 74.2 cm³/mol. The van der Waals surface area contributed by atoms with Gasteiger partial charge in [-0.2, -0.15) is 0 Å². The van der Waals surface area contributed by atoms with Gasteiger partial charge in [-0.1, -0.05) is 13.3 Å². The first-order chi connectivity index (χ1) is 9.58. The number of carbonyl (C=O) groups excluding carboxylic acids is 2. The number of rotatable bonds is 2. The summed E-state index contributed by atoms with van der Waals surface area (Å²) in [5.41, 5.74) is 0. The summed E-state index contributed by atoms with van der Waals surface area (Å²) in [4.78, 5) is 23.2. The van der Waals surface area contributed by atoms with Gasteiger partial charge in [0.15, 0.2) is 0 Å². The van der Waals surface area contributed by atoms with Gasteiger partial charge in [0.25, 0.3) is 0 Å². The Morgan fingerprint density at radius 3 is 2.85 bits per heavy atom. The van der Waals surface area contributed by atoms with Gasteiger partial charge < -0.3 is 10.1 Å². The zero-order chi connectivity index (χ0) is 14.3. The Kier molecular flexibility index (Phi) is 3.91. The van der Waals surface area contributed by atoms with Gasteiger partial charge in [-0.05, 0) is 37.5 Å². The number of hydrogen-bond donors (Lipinski definition) is 2. The van der Waals surface area contributed by atoms with Gasteiger partial charge in [0.1, 0.15) is 6.23 Å². The first kappa shape index (κ1) is 14.1. The monoisotopic (exact) mass is 300 g/mol. The first-order valence-corrected chi connectivity index (χ1v) is 7.93. The number of nitrogens with one attached hydrogen (secondary N) is 2. The molecule has 0 aromatic carbocycles. The highest BCUT2D eigenvalue weighted by molar-refractivity contribution is 6.20. The molecule has 1 aliphatic carbocycles. The van der Waals surface area contributed by atoms with Gasteiger partial charge in [-0.3, -0.25) is 10.1 Å². The van der Waals surface area contributed by atoms with E-state index in [0.717, 1.165) is 32.1 Å². The van der Waals surface area contributed by atoms with Crippen molar-refractivity contribution in [2.45, 2.75) is 56.7 Å². The lowest BCUT2D eigenvalue weighted by atomic mass is 9.72. The minimum atomic E-state index is -0.466. The van der Waals surface area contributed by atoms with E-state index in [2.05, 4.69) is 17.6 Å². The number of alkyl halides is 1. The molecule has 2 aliphatic heterocycles. The summed E-state index contributed by atoms with van der Waals surface area (Å²) in [6, 6.07) is -0.453. The fourth-order valence-corrected chi connectivity index (χ4v) is 4.30. The predicted octanol–water partition coefficient (Wildman–Crippen LogP) is 1.99. The molecule has 3 fully saturated rings. The number of halogens is 1. The molecule has 6 heteroatoms. The molecule has 2 saturated heterocycles. The van der Waals surface area contributed by atoms with E-state index in [9.17, 15) is 9.59 Å². The molecule has 112 valence electrons. The van der Waals surface area contributed by atoms with Crippen molar-refractivity contribution in [2.75, 3.05) is 0 Å². The van der Waals surface area contributed by atoms with Crippen LogP contribution < -0.4 is 10.6 Å². The average Bonchev–Trinajstić information content (AvgIpc) is 2.38. The van der Waals surface area contributed by atoms with E-state index in [1.165, 1.54) is 0 Å². The van der Waals surface area contributed by atoms with Crippen LogP contribution in [0.4, 0.5) is 4.79 Å². The van der Waals surface area contributed by atoms with Crippen LogP contribution in [0.5, 0.6) is 0 Å². The highest BCUT2D eigenvalue weighted by Crippen LogP contribution is 2.43. The van der Waals surface area contributed by atoms with Gasteiger partial charge >= 0.3 is 6.03 Å². The largest absolute Gasteiger partial charge is 0.354 e. The zero-order valence-corrected chi connectivity index (χ0v) is 12.4. The summed E-state index contributed by atoms with van der Waals surface area (Å²) < 4.78 is 6.01. The summed E-state index contributed by atoms with van der Waals surface area (Å²) in [6.07, 6.45) is 4.48. The molecule has 3 rings (SSSR count). The van der Waals surface area contributed by atoms with Gasteiger partial charge in [0.2, 0.25) is 5.91 Å². The maximum atomic E-state index is 11.9. The van der Waals surface area contributed by atoms with Crippen molar-refractivity contribution in [3.63, 3.8) is 0 Å². The molecule has 3 amide bonds. The molecular formula is C14H21ClN2O3. The van der Waals surface area contributed by atoms with Crippen LogP contribution in [0.1, 0.15) is 39.0 Å². The third-order valence-electron chi connectivity index (χ3n) is 4.85. The van der Waals surface area contributed by atoms with Crippen molar-refractivity contribution in [3.8, 4) is 0 Å². The Hall–Kier alpha value is -0.810. The van der Waals surface area contributed by atoms with E-state index in [-0.39, 0.29) is 23.3 Å². The Morgan fingerprint density at radius 2 is 2.10 bits per heavy atom. The molecule has 5 nitrogen and oxygen atoms in total. The van der Waals surface area contributed by atoms with Crippen molar-refractivity contribution < 1.29 is 14.3 Å². The summed E-state index contributed by atoms with van der Waals surface area (Å²) in [5, 5.41) is 5.20. The van der Waals surface area contributed by atoms with Crippen LogP contribution in [0.15, 0.2) is 0 Å². The van der Waals surface area contributed by atoms with E-state index in [1.807, 2.05) is 0 Å². The quantitative estimate of drug-likeness (QED) is 0.766. The van der Waals surface area contributed by atoms with Crippen molar-refractivity contribution in [1.82, 2.24) is 10.6 Å². The number of imide groups is 1. The van der Waals surface area contributed by atoms with Crippen LogP contribution in [0.2, 0.25) is 0 Å². The Bertz CT molecular complexity index is 417. The molecule has 0 aromatic rings. The number of amides is 3. The molecule has 0 radical (unpaired) electrons. The van der Waals surface area contributed by atoms with Crippen molar-refractivity contribution in [2.24, 2.45) is 17.8 Å². The standard InChI is InChI=1S/C14H21ClN2O3/c1-2-3-7-6-11-8(5-10(7)15)4-9-12(18)16-14(19)17-13(9)20-11/h7-11,13H,2-6H2,1H3,(H2,16,17,18,19). The fourth-order valence-electron chi connectivity index (χ4n) is 3.84. The van der Waals surface area contributed by atoms with Crippen LogP contribution >= 0.6 is 11.6 Å². The van der Waals surface area contributed by atoms with Gasteiger partial charge in [-0.15, -0.1) is 11.6 Å². The van der Waals surface area contributed by atoms with E-state index in [1.54, 1.807) is 0 Å². The maximum Gasteiger partial charge on any atom is 0.323 e. The fraction of sp³-hybridized carbons (Fsp3) is 0.857. The smallest absolute Gasteiger partial charge is 0.323 e. The van der Waals surface area contributed by atoms with E-state index >= 15 is 0 Å². The second-order valence-corrected chi connectivity index (χ2v) is 6.76. The molecule has 2 heterocycles. The lowest BCUT2D eigenvalue weighted by Crippen LogP contribution is -2.63. The highest BCUT2D eigenvalue weighted by Gasteiger charge is 2.48. The molecule has 2 N–H and O–H groups in total. The van der Waals surface area contributed by atoms with Gasteiger partial charge in [-0.25, -0.2) is 4.79 Å². The summed E-state index contributed by atoms with van der Waals surface area (Å²) in [5.74, 6) is 0.305. The van der Waals surface area contributed by atoms with Crippen molar-refractivity contribution in [3.05, 3.63) is 0 Å². The SMILES string of the molecule is CCCC1CC2OC3NC(=O)NC(=O)C3CC2CC1Cl. The molecule has 0 aromatic heterocycles. The van der Waals surface area contributed by atoms with Gasteiger partial charge in [0.05, 0.1) is 12.0 Å². The molecular weight excluding hydrogens is 280 g/mol. The van der Waals surface area contributed by atoms with E-state index in [4.69, 9.17) is 16.3 Å². The van der Waals surface area contributed by atoms with Crippen molar-refractivity contribution in [1.29, 1.82) is 0 Å². The topological polar surface area (TPSA) is 67.4 Å². The summed E-state index contributed by atoms with van der Waals surface area (Å²) in [7, 11) is 0. The lowest BCUT2D eigenvalue weighted by molar-refractivity contribution is -0.164. The second kappa shape index (κ2) is 5.53. The number of hydrogen-bond acceptors (Lipinski definition) is 3. The molecule has 0 spiro atoms. The Morgan fingerprint density at radius 1 is 1.30 bits per heavy atom. The van der Waals surface area contributed by atoms with E-state index < -0.39 is 12.3 Å². The third kappa shape index (κ3) is 2.53. The molecule has 0 bridgehead atoms. The molecule has 6 atom stereocenters. The minimum absolute atomic E-state index is 0.119. The number of carbonyl (C=O) groups is 2. The first-order valence-electron chi connectivity index (χ1n) is 7.49. The Labute approximate surface area is 123 Å². The molecule has 3 aliphatic rings. The van der Waals surface area contributed by atoms with Crippen LogP contribution in [0, 0.1) is 17.8 Å². The third-order valence-corrected chi connectivity index (χ3v) is 5.38. The number of ether oxygens (including phenoxy) is 1. The van der Waals surface area contributed by atoms with Crippen molar-refractivity contribution >= 4 is 23.5 Å². The van der Waals surface area contributed by atoms with E-state index in [0.29, 0.717) is 11.8 Å². The number of urea groups is 1. The molecule has 20 heavy (non-hydrogen) atoms. The highest BCUT2D eigenvalue weighted by atomic mass is 35.5. The molecule has 1 saturated carbocycles. The summed E-state index contributed by atoms with van der Waals surface area (Å²) in [6.45, 7) is 2.17. The van der Waals surface area contributed by atoms with Crippen LogP contribution in [0.3, 0.4) is 0 Å². The maximum absolute atomic E-state index is 11.9. The summed E-state index contributed by atoms with van der Waals surface area (Å²) >= 11 is 6.49. The zero-order valence-electron chi connectivity index (χ0n) is 11.6. The average molecular weight is 301 g/mol.